The molecule has 0 radical (unpaired) electrons. The number of carbonyl (C=O) groups excluding carboxylic acids is 5. The average molecular weight is 807 g/mol. The number of amides is 5. The molecule has 2 aromatic rings. The molecule has 0 aromatic heterocycles. The predicted molar refractivity (Wildman–Crippen MR) is 209 cm³/mol. The van der Waals surface area contributed by atoms with E-state index in [9.17, 15) is 33.9 Å². The Balaban J connectivity index is 1.32. The van der Waals surface area contributed by atoms with Crippen molar-refractivity contribution in [2.24, 2.45) is 5.41 Å². The zero-order chi connectivity index (χ0) is 40.1. The van der Waals surface area contributed by atoms with E-state index in [1.54, 1.807) is 42.5 Å². The summed E-state index contributed by atoms with van der Waals surface area (Å²) in [5.41, 5.74) is 0.459. The molecule has 302 valence electrons. The SMILES string of the molecule is CCCCNC(=O)CCC(=O)NCCOCCOCCC(=O)NCCC1(C(=O)N[C@@H](Cc2ccc(NC(=O)c3c(Cl)cccc3Cl)cc2)C(=O)O)CCCC1. The molecule has 0 heterocycles. The van der Waals surface area contributed by atoms with Gasteiger partial charge in [0.1, 0.15) is 6.04 Å². The molecule has 1 aliphatic rings. The van der Waals surface area contributed by atoms with Crippen molar-refractivity contribution < 1.29 is 43.3 Å². The van der Waals surface area contributed by atoms with Gasteiger partial charge in [-0.2, -0.15) is 0 Å². The molecule has 16 heteroatoms. The molecule has 2 aromatic carbocycles. The van der Waals surface area contributed by atoms with Crippen LogP contribution in [0.1, 0.15) is 87.1 Å². The monoisotopic (exact) mass is 805 g/mol. The zero-order valence-corrected chi connectivity index (χ0v) is 32.8. The van der Waals surface area contributed by atoms with Gasteiger partial charge in [-0.1, -0.05) is 67.6 Å². The third-order valence-electron chi connectivity index (χ3n) is 9.26. The summed E-state index contributed by atoms with van der Waals surface area (Å²) in [6, 6.07) is 10.2. The predicted octanol–water partition coefficient (Wildman–Crippen LogP) is 4.66. The molecule has 14 nitrogen and oxygen atoms in total. The Morgan fingerprint density at radius 2 is 1.35 bits per heavy atom. The number of anilines is 1. The van der Waals surface area contributed by atoms with Gasteiger partial charge in [-0.05, 0) is 55.5 Å². The quantitative estimate of drug-likeness (QED) is 0.0773. The van der Waals surface area contributed by atoms with Crippen molar-refractivity contribution in [3.63, 3.8) is 0 Å². The number of hydrogen-bond acceptors (Lipinski definition) is 8. The van der Waals surface area contributed by atoms with Crippen LogP contribution in [0.4, 0.5) is 5.69 Å². The number of hydrogen-bond donors (Lipinski definition) is 6. The highest BCUT2D eigenvalue weighted by Gasteiger charge is 2.42. The summed E-state index contributed by atoms with van der Waals surface area (Å²) in [6.45, 7) is 4.26. The molecule has 5 amide bonds. The van der Waals surface area contributed by atoms with E-state index >= 15 is 0 Å². The first-order valence-corrected chi connectivity index (χ1v) is 19.5. The second-order valence-corrected chi connectivity index (χ2v) is 14.2. The lowest BCUT2D eigenvalue weighted by atomic mass is 9.81. The van der Waals surface area contributed by atoms with Crippen molar-refractivity contribution in [3.8, 4) is 0 Å². The maximum atomic E-state index is 13.6. The van der Waals surface area contributed by atoms with Crippen LogP contribution in [-0.2, 0) is 39.9 Å². The molecule has 1 aliphatic carbocycles. The van der Waals surface area contributed by atoms with Crippen LogP contribution in [0, 0.1) is 5.41 Å². The third-order valence-corrected chi connectivity index (χ3v) is 9.89. The van der Waals surface area contributed by atoms with Crippen LogP contribution in [0.2, 0.25) is 10.0 Å². The van der Waals surface area contributed by atoms with Crippen LogP contribution in [-0.4, -0.2) is 92.7 Å². The van der Waals surface area contributed by atoms with Crippen LogP contribution in [0.15, 0.2) is 42.5 Å². The summed E-state index contributed by atoms with van der Waals surface area (Å²) in [6.07, 6.45) is 5.52. The molecular formula is C39H53Cl2N5O9. The van der Waals surface area contributed by atoms with Crippen molar-refractivity contribution in [2.45, 2.75) is 83.6 Å². The summed E-state index contributed by atoms with van der Waals surface area (Å²) in [5, 5.41) is 24.2. The molecule has 1 atom stereocenters. The molecule has 0 aliphatic heterocycles. The fourth-order valence-electron chi connectivity index (χ4n) is 6.11. The summed E-state index contributed by atoms with van der Waals surface area (Å²) >= 11 is 12.3. The molecule has 1 fully saturated rings. The Bertz CT molecular complexity index is 1570. The Morgan fingerprint density at radius 1 is 0.764 bits per heavy atom. The molecule has 1 saturated carbocycles. The van der Waals surface area contributed by atoms with E-state index in [0.29, 0.717) is 43.6 Å². The van der Waals surface area contributed by atoms with Crippen LogP contribution >= 0.6 is 23.2 Å². The standard InChI is InChI=1S/C39H53Cl2N5O9/c1-2-3-19-42-32(47)13-14-33(48)44-21-23-55-25-24-54-22-15-34(49)43-20-18-39(16-4-5-17-39)38(53)46-31(37(51)52)26-27-9-11-28(12-10-27)45-36(50)35-29(40)7-6-8-30(35)41/h6-12,31H,2-5,13-26H2,1H3,(H,42,47)(H,43,49)(H,44,48)(H,45,50)(H,46,53)(H,51,52)/t31-/m0/s1. The smallest absolute Gasteiger partial charge is 0.326 e. The molecule has 55 heavy (non-hydrogen) atoms. The van der Waals surface area contributed by atoms with Gasteiger partial charge in [-0.25, -0.2) is 4.79 Å². The van der Waals surface area contributed by atoms with Crippen LogP contribution < -0.4 is 26.6 Å². The van der Waals surface area contributed by atoms with E-state index < -0.39 is 23.3 Å². The van der Waals surface area contributed by atoms with Crippen molar-refractivity contribution in [1.82, 2.24) is 21.3 Å². The largest absolute Gasteiger partial charge is 0.480 e. The molecule has 0 bridgehead atoms. The molecule has 6 N–H and O–H groups in total. The Hall–Kier alpha value is -4.24. The minimum Gasteiger partial charge on any atom is -0.480 e. The number of carbonyl (C=O) groups is 6. The highest BCUT2D eigenvalue weighted by molar-refractivity contribution is 6.40. The highest BCUT2D eigenvalue weighted by Crippen LogP contribution is 2.41. The van der Waals surface area contributed by atoms with Gasteiger partial charge in [0, 0.05) is 51.0 Å². The third kappa shape index (κ3) is 16.2. The van der Waals surface area contributed by atoms with Crippen molar-refractivity contribution in [3.05, 3.63) is 63.6 Å². The van der Waals surface area contributed by atoms with E-state index in [1.165, 1.54) is 0 Å². The Morgan fingerprint density at radius 3 is 1.96 bits per heavy atom. The lowest BCUT2D eigenvalue weighted by Crippen LogP contribution is -2.49. The summed E-state index contributed by atoms with van der Waals surface area (Å²) in [7, 11) is 0. The molecule has 0 spiro atoms. The first kappa shape index (κ1) is 45.2. The number of unbranched alkanes of at least 4 members (excludes halogenated alkanes) is 1. The summed E-state index contributed by atoms with van der Waals surface area (Å²) in [4.78, 5) is 74.4. The van der Waals surface area contributed by atoms with Crippen molar-refractivity contribution >= 4 is 64.4 Å². The number of nitrogens with one attached hydrogen (secondary N) is 5. The first-order chi connectivity index (χ1) is 26.4. The minimum absolute atomic E-state index is 0.0284. The number of halogens is 2. The number of benzene rings is 2. The normalized spacial score (nSPS) is 13.7. The maximum absolute atomic E-state index is 13.6. The van der Waals surface area contributed by atoms with Crippen molar-refractivity contribution in [1.29, 1.82) is 0 Å². The number of carboxylic acid groups (broad SMARTS) is 1. The zero-order valence-electron chi connectivity index (χ0n) is 31.3. The van der Waals surface area contributed by atoms with E-state index in [2.05, 4.69) is 26.6 Å². The van der Waals surface area contributed by atoms with E-state index in [0.717, 1.165) is 25.7 Å². The number of carboxylic acids is 1. The van der Waals surface area contributed by atoms with Gasteiger partial charge < -0.3 is 41.2 Å². The summed E-state index contributed by atoms with van der Waals surface area (Å²) < 4.78 is 10.9. The van der Waals surface area contributed by atoms with Gasteiger partial charge >= 0.3 is 5.97 Å². The number of rotatable bonds is 25. The van der Waals surface area contributed by atoms with E-state index in [1.807, 2.05) is 6.92 Å². The minimum atomic E-state index is -1.18. The Labute approximate surface area is 332 Å². The van der Waals surface area contributed by atoms with Crippen LogP contribution in [0.25, 0.3) is 0 Å². The Kier molecular flexibility index (Phi) is 20.0. The molecular weight excluding hydrogens is 753 g/mol. The second-order valence-electron chi connectivity index (χ2n) is 13.4. The maximum Gasteiger partial charge on any atom is 0.326 e. The second kappa shape index (κ2) is 24.3. The van der Waals surface area contributed by atoms with Gasteiger partial charge in [0.2, 0.25) is 23.6 Å². The van der Waals surface area contributed by atoms with Crippen molar-refractivity contribution in [2.75, 3.05) is 51.4 Å². The van der Waals surface area contributed by atoms with Gasteiger partial charge in [0.05, 0.1) is 47.5 Å². The molecule has 3 rings (SSSR count). The molecule has 0 saturated heterocycles. The molecule has 0 unspecified atom stereocenters. The summed E-state index contributed by atoms with van der Waals surface area (Å²) in [5.74, 6) is -2.59. The highest BCUT2D eigenvalue weighted by atomic mass is 35.5. The van der Waals surface area contributed by atoms with E-state index in [4.69, 9.17) is 32.7 Å². The van der Waals surface area contributed by atoms with Gasteiger partial charge in [0.25, 0.3) is 5.91 Å². The van der Waals surface area contributed by atoms with Gasteiger partial charge in [0.15, 0.2) is 0 Å². The fraction of sp³-hybridized carbons (Fsp3) is 0.538. The van der Waals surface area contributed by atoms with Crippen LogP contribution in [0.3, 0.4) is 0 Å². The number of ether oxygens (including phenoxy) is 2. The van der Waals surface area contributed by atoms with Gasteiger partial charge in [-0.15, -0.1) is 0 Å². The van der Waals surface area contributed by atoms with E-state index in [-0.39, 0.29) is 97.9 Å². The topological polar surface area (TPSA) is 201 Å². The van der Waals surface area contributed by atoms with Gasteiger partial charge in [-0.3, -0.25) is 24.0 Å². The average Bonchev–Trinajstić information content (AvgIpc) is 3.64. The lowest BCUT2D eigenvalue weighted by Gasteiger charge is -2.29. The first-order valence-electron chi connectivity index (χ1n) is 18.8. The lowest BCUT2D eigenvalue weighted by molar-refractivity contribution is -0.144. The number of aliphatic carboxylic acids is 1. The fourth-order valence-corrected chi connectivity index (χ4v) is 6.68. The van der Waals surface area contributed by atoms with Crippen LogP contribution in [0.5, 0.6) is 0 Å².